The molecule has 0 N–H and O–H groups in total. The standard InChI is InChI=1S/C13H14F2N2O4/c1-7-5-16(6-8(7)13(18)21-2)12-10(17(19)20)4-3-9(14)11(12)15/h3-4,7-8H,5-6H2,1-2H3. The third kappa shape index (κ3) is 2.65. The van der Waals surface area contributed by atoms with Crippen molar-refractivity contribution in [2.75, 3.05) is 25.1 Å². The molecule has 0 amide bonds. The maximum Gasteiger partial charge on any atom is 0.310 e. The number of hydrogen-bond acceptors (Lipinski definition) is 5. The van der Waals surface area contributed by atoms with Gasteiger partial charge in [-0.3, -0.25) is 14.9 Å². The molecule has 0 aliphatic carbocycles. The van der Waals surface area contributed by atoms with Gasteiger partial charge in [-0.15, -0.1) is 0 Å². The minimum atomic E-state index is -1.28. The molecule has 1 aromatic carbocycles. The van der Waals surface area contributed by atoms with E-state index in [1.54, 1.807) is 6.92 Å². The third-order valence-electron chi connectivity index (χ3n) is 3.68. The Labute approximate surface area is 119 Å². The van der Waals surface area contributed by atoms with Gasteiger partial charge in [-0.2, -0.15) is 0 Å². The van der Waals surface area contributed by atoms with Crippen molar-refractivity contribution in [1.29, 1.82) is 0 Å². The Hall–Kier alpha value is -2.25. The number of methoxy groups -OCH3 is 1. The number of esters is 1. The topological polar surface area (TPSA) is 72.7 Å². The fourth-order valence-electron chi connectivity index (χ4n) is 2.59. The lowest BCUT2D eigenvalue weighted by Gasteiger charge is -2.19. The SMILES string of the molecule is COC(=O)C1CN(c2c([N+](=O)[O-])ccc(F)c2F)CC1C. The average Bonchev–Trinajstić information content (AvgIpc) is 2.82. The molecule has 1 aliphatic heterocycles. The van der Waals surface area contributed by atoms with Crippen LogP contribution in [0.25, 0.3) is 0 Å². The second-order valence-electron chi connectivity index (χ2n) is 5.00. The summed E-state index contributed by atoms with van der Waals surface area (Å²) in [6.45, 7) is 2.01. The highest BCUT2D eigenvalue weighted by atomic mass is 19.2. The third-order valence-corrected chi connectivity index (χ3v) is 3.68. The van der Waals surface area contributed by atoms with Crippen molar-refractivity contribution in [3.05, 3.63) is 33.9 Å². The first-order valence-corrected chi connectivity index (χ1v) is 6.32. The van der Waals surface area contributed by atoms with Crippen molar-refractivity contribution in [2.45, 2.75) is 6.92 Å². The van der Waals surface area contributed by atoms with E-state index in [1.807, 2.05) is 0 Å². The molecule has 1 heterocycles. The Morgan fingerprint density at radius 3 is 2.67 bits per heavy atom. The summed E-state index contributed by atoms with van der Waals surface area (Å²) in [6, 6.07) is 1.64. The first-order valence-electron chi connectivity index (χ1n) is 6.32. The molecule has 2 atom stereocenters. The molecule has 8 heteroatoms. The molecule has 0 aromatic heterocycles. The van der Waals surface area contributed by atoms with Crippen LogP contribution in [0.5, 0.6) is 0 Å². The summed E-state index contributed by atoms with van der Waals surface area (Å²) in [6.07, 6.45) is 0. The highest BCUT2D eigenvalue weighted by Gasteiger charge is 2.39. The summed E-state index contributed by atoms with van der Waals surface area (Å²) < 4.78 is 32.0. The van der Waals surface area contributed by atoms with Crippen molar-refractivity contribution >= 4 is 17.3 Å². The van der Waals surface area contributed by atoms with Crippen molar-refractivity contribution in [3.63, 3.8) is 0 Å². The van der Waals surface area contributed by atoms with Gasteiger partial charge in [0.25, 0.3) is 5.69 Å². The van der Waals surface area contributed by atoms with Gasteiger partial charge in [0.1, 0.15) is 0 Å². The second-order valence-corrected chi connectivity index (χ2v) is 5.00. The molecule has 21 heavy (non-hydrogen) atoms. The number of hydrogen-bond donors (Lipinski definition) is 0. The summed E-state index contributed by atoms with van der Waals surface area (Å²) in [5.41, 5.74) is -0.940. The minimum Gasteiger partial charge on any atom is -0.469 e. The van der Waals surface area contributed by atoms with Crippen LogP contribution < -0.4 is 4.90 Å². The van der Waals surface area contributed by atoms with Crippen LogP contribution in [0.3, 0.4) is 0 Å². The summed E-state index contributed by atoms with van der Waals surface area (Å²) in [4.78, 5) is 23.2. The average molecular weight is 300 g/mol. The number of benzene rings is 1. The van der Waals surface area contributed by atoms with E-state index in [4.69, 9.17) is 0 Å². The van der Waals surface area contributed by atoms with Gasteiger partial charge >= 0.3 is 5.97 Å². The fourth-order valence-corrected chi connectivity index (χ4v) is 2.59. The maximum absolute atomic E-state index is 14.0. The lowest BCUT2D eigenvalue weighted by atomic mass is 9.99. The van der Waals surface area contributed by atoms with Gasteiger partial charge in [-0.25, -0.2) is 8.78 Å². The molecule has 1 saturated heterocycles. The number of rotatable bonds is 3. The molecular formula is C13H14F2N2O4. The van der Waals surface area contributed by atoms with Crippen molar-refractivity contribution < 1.29 is 23.2 Å². The largest absolute Gasteiger partial charge is 0.469 e. The van der Waals surface area contributed by atoms with Crippen molar-refractivity contribution in [2.24, 2.45) is 11.8 Å². The first-order chi connectivity index (χ1) is 9.86. The molecule has 2 unspecified atom stereocenters. The Balaban J connectivity index is 2.41. The van der Waals surface area contributed by atoms with Gasteiger partial charge in [-0.05, 0) is 12.0 Å². The molecule has 0 spiro atoms. The van der Waals surface area contributed by atoms with Crippen LogP contribution in [0.1, 0.15) is 6.92 Å². The number of nitrogens with zero attached hydrogens (tertiary/aromatic N) is 2. The van der Waals surface area contributed by atoms with Crippen LogP contribution in [0.15, 0.2) is 12.1 Å². The predicted molar refractivity (Wildman–Crippen MR) is 69.9 cm³/mol. The van der Waals surface area contributed by atoms with E-state index in [1.165, 1.54) is 12.0 Å². The molecule has 114 valence electrons. The Bertz CT molecular complexity index is 594. The predicted octanol–water partition coefficient (Wildman–Crippen LogP) is 2.12. The van der Waals surface area contributed by atoms with E-state index in [0.717, 1.165) is 6.07 Å². The zero-order chi connectivity index (χ0) is 15.7. The lowest BCUT2D eigenvalue weighted by molar-refractivity contribution is -0.384. The maximum atomic E-state index is 14.0. The number of carbonyl (C=O) groups is 1. The molecule has 0 radical (unpaired) electrons. The van der Waals surface area contributed by atoms with E-state index in [-0.39, 0.29) is 19.0 Å². The number of anilines is 1. The Morgan fingerprint density at radius 2 is 2.10 bits per heavy atom. The van der Waals surface area contributed by atoms with Crippen LogP contribution in [0.2, 0.25) is 0 Å². The van der Waals surface area contributed by atoms with E-state index < -0.39 is 39.8 Å². The van der Waals surface area contributed by atoms with E-state index in [2.05, 4.69) is 4.74 Å². The number of nitro groups is 1. The first kappa shape index (κ1) is 15.1. The van der Waals surface area contributed by atoms with Gasteiger partial charge in [0.05, 0.1) is 18.0 Å². The van der Waals surface area contributed by atoms with Crippen molar-refractivity contribution in [1.82, 2.24) is 0 Å². The molecule has 1 aromatic rings. The smallest absolute Gasteiger partial charge is 0.310 e. The zero-order valence-corrected chi connectivity index (χ0v) is 11.5. The molecule has 0 saturated carbocycles. The lowest BCUT2D eigenvalue weighted by Crippen LogP contribution is -2.25. The summed E-state index contributed by atoms with van der Waals surface area (Å²) >= 11 is 0. The number of halogens is 2. The van der Waals surface area contributed by atoms with Crippen LogP contribution in [-0.4, -0.2) is 31.1 Å². The van der Waals surface area contributed by atoms with E-state index >= 15 is 0 Å². The summed E-state index contributed by atoms with van der Waals surface area (Å²) in [7, 11) is 1.24. The number of nitro benzene ring substituents is 1. The van der Waals surface area contributed by atoms with E-state index in [9.17, 15) is 23.7 Å². The minimum absolute atomic E-state index is 0.0506. The fraction of sp³-hybridized carbons (Fsp3) is 0.462. The van der Waals surface area contributed by atoms with Crippen LogP contribution >= 0.6 is 0 Å². The molecule has 1 fully saturated rings. The van der Waals surface area contributed by atoms with Crippen molar-refractivity contribution in [3.8, 4) is 0 Å². The molecule has 2 rings (SSSR count). The van der Waals surface area contributed by atoms with Crippen LogP contribution in [0.4, 0.5) is 20.2 Å². The van der Waals surface area contributed by atoms with Crippen LogP contribution in [0, 0.1) is 33.6 Å². The van der Waals surface area contributed by atoms with Gasteiger partial charge in [0.15, 0.2) is 17.3 Å². The monoisotopic (exact) mass is 300 g/mol. The van der Waals surface area contributed by atoms with Gasteiger partial charge in [-0.1, -0.05) is 6.92 Å². The highest BCUT2D eigenvalue weighted by molar-refractivity contribution is 5.75. The summed E-state index contributed by atoms with van der Waals surface area (Å²) in [5, 5.41) is 11.0. The zero-order valence-electron chi connectivity index (χ0n) is 11.5. The molecule has 0 bridgehead atoms. The Kier molecular flexibility index (Phi) is 4.06. The summed E-state index contributed by atoms with van der Waals surface area (Å²) in [5.74, 6) is -3.62. The van der Waals surface area contributed by atoms with Gasteiger partial charge < -0.3 is 9.64 Å². The Morgan fingerprint density at radius 1 is 1.43 bits per heavy atom. The molecular weight excluding hydrogens is 286 g/mol. The number of ether oxygens (including phenoxy) is 1. The normalized spacial score (nSPS) is 21.4. The second kappa shape index (κ2) is 5.63. The molecule has 1 aliphatic rings. The quantitative estimate of drug-likeness (QED) is 0.485. The van der Waals surface area contributed by atoms with Gasteiger partial charge in [0, 0.05) is 19.2 Å². The highest BCUT2D eigenvalue weighted by Crippen LogP contribution is 2.37. The van der Waals surface area contributed by atoms with Crippen LogP contribution in [-0.2, 0) is 9.53 Å². The van der Waals surface area contributed by atoms with Gasteiger partial charge in [0.2, 0.25) is 0 Å². The van der Waals surface area contributed by atoms with E-state index in [0.29, 0.717) is 6.07 Å². The number of carbonyl (C=O) groups excluding carboxylic acids is 1. The molecule has 6 nitrogen and oxygen atoms in total.